The van der Waals surface area contributed by atoms with Crippen LogP contribution in [0.2, 0.25) is 0 Å². The molecular formula is C27H38F2N8O3. The summed E-state index contributed by atoms with van der Waals surface area (Å²) in [4.78, 5) is 32.0. The fraction of sp³-hybridized carbons (Fsp3) is 0.519. The van der Waals surface area contributed by atoms with E-state index in [1.807, 2.05) is 14.0 Å². The average Bonchev–Trinajstić information content (AvgIpc) is 3.65. The Kier molecular flexibility index (Phi) is 11.3. The highest BCUT2D eigenvalue weighted by atomic mass is 19.1. The molecule has 2 aliphatic heterocycles. The highest BCUT2D eigenvalue weighted by molar-refractivity contribution is 5.93. The molecule has 218 valence electrons. The summed E-state index contributed by atoms with van der Waals surface area (Å²) in [6.45, 7) is 6.75. The van der Waals surface area contributed by atoms with Gasteiger partial charge in [-0.15, -0.1) is 0 Å². The third kappa shape index (κ3) is 7.92. The van der Waals surface area contributed by atoms with Crippen LogP contribution in [-0.2, 0) is 6.42 Å². The van der Waals surface area contributed by atoms with E-state index >= 15 is 0 Å². The molecular weight excluding hydrogens is 522 g/mol. The van der Waals surface area contributed by atoms with Crippen molar-refractivity contribution in [2.75, 3.05) is 50.1 Å². The van der Waals surface area contributed by atoms with Gasteiger partial charge < -0.3 is 30.1 Å². The minimum atomic E-state index is -0.530. The van der Waals surface area contributed by atoms with Crippen molar-refractivity contribution in [1.29, 1.82) is 0 Å². The smallest absolute Gasteiger partial charge is 0.324 e. The molecule has 11 nitrogen and oxygen atoms in total. The summed E-state index contributed by atoms with van der Waals surface area (Å²) in [6.07, 6.45) is 6.61. The zero-order valence-electron chi connectivity index (χ0n) is 23.4. The summed E-state index contributed by atoms with van der Waals surface area (Å²) < 4.78 is 29.8. The van der Waals surface area contributed by atoms with Gasteiger partial charge in [-0.1, -0.05) is 18.1 Å². The monoisotopic (exact) mass is 560 g/mol. The van der Waals surface area contributed by atoms with E-state index in [1.165, 1.54) is 12.1 Å². The van der Waals surface area contributed by atoms with Crippen LogP contribution in [0.25, 0.3) is 0 Å². The molecule has 4 heterocycles. The lowest BCUT2D eigenvalue weighted by Gasteiger charge is -2.35. The normalized spacial score (nSPS) is 17.1. The largest absolute Gasteiger partial charge is 0.400 e. The number of nitrogens with zero attached hydrogens (tertiary/aromatic N) is 7. The van der Waals surface area contributed by atoms with Crippen LogP contribution in [-0.4, -0.2) is 88.4 Å². The van der Waals surface area contributed by atoms with Crippen LogP contribution in [0.3, 0.4) is 0 Å². The molecule has 0 spiro atoms. The number of nitrogens with two attached hydrogens (primary N) is 1. The first-order valence-corrected chi connectivity index (χ1v) is 13.3. The Balaban J connectivity index is 0.000000339. The number of anilines is 2. The van der Waals surface area contributed by atoms with Crippen LogP contribution in [0, 0.1) is 18.6 Å². The molecule has 1 unspecified atom stereocenters. The van der Waals surface area contributed by atoms with E-state index in [0.29, 0.717) is 28.9 Å². The number of aliphatic hydroxyl groups is 1. The van der Waals surface area contributed by atoms with E-state index in [4.69, 9.17) is 15.4 Å². The SMILES string of the molecule is CCc1noc(N2CCC(N(C)C(=O)c3cnc(N4CCC(N)C4)nc3)CC2)n1.CO.Cc1ccc(F)cc1F. The molecule has 2 fully saturated rings. The number of hydrogen-bond acceptors (Lipinski definition) is 10. The lowest BCUT2D eigenvalue weighted by molar-refractivity contribution is 0.0707. The number of carbonyl (C=O) groups excluding carboxylic acids is 1. The molecule has 2 aromatic heterocycles. The quantitative estimate of drug-likeness (QED) is 0.479. The van der Waals surface area contributed by atoms with Gasteiger partial charge in [0.15, 0.2) is 5.82 Å². The van der Waals surface area contributed by atoms with Gasteiger partial charge in [-0.05, 0) is 37.8 Å². The summed E-state index contributed by atoms with van der Waals surface area (Å²) in [5.74, 6) is 0.275. The minimum absolute atomic E-state index is 0.0563. The number of hydrogen-bond donors (Lipinski definition) is 2. The van der Waals surface area contributed by atoms with Gasteiger partial charge in [0.25, 0.3) is 5.91 Å². The Bertz CT molecular complexity index is 1220. The molecule has 3 aromatic rings. The third-order valence-electron chi connectivity index (χ3n) is 6.90. The third-order valence-corrected chi connectivity index (χ3v) is 6.90. The second-order valence-electron chi connectivity index (χ2n) is 9.64. The average molecular weight is 561 g/mol. The van der Waals surface area contributed by atoms with Crippen molar-refractivity contribution in [2.24, 2.45) is 5.73 Å². The van der Waals surface area contributed by atoms with Gasteiger partial charge in [0.05, 0.1) is 5.56 Å². The van der Waals surface area contributed by atoms with Crippen molar-refractivity contribution in [3.05, 3.63) is 59.2 Å². The number of aliphatic hydroxyl groups excluding tert-OH is 1. The molecule has 3 N–H and O–H groups in total. The molecule has 0 radical (unpaired) electrons. The number of rotatable bonds is 5. The van der Waals surface area contributed by atoms with E-state index in [-0.39, 0.29) is 18.0 Å². The van der Waals surface area contributed by atoms with Crippen LogP contribution in [0.5, 0.6) is 0 Å². The number of halogens is 2. The number of piperidine rings is 1. The Hall–Kier alpha value is -3.71. The van der Waals surface area contributed by atoms with Gasteiger partial charge in [-0.3, -0.25) is 4.79 Å². The van der Waals surface area contributed by atoms with Gasteiger partial charge in [0.2, 0.25) is 5.95 Å². The van der Waals surface area contributed by atoms with E-state index in [0.717, 1.165) is 65.0 Å². The lowest BCUT2D eigenvalue weighted by atomic mass is 10.0. The Morgan fingerprint density at radius 1 is 1.12 bits per heavy atom. The second-order valence-corrected chi connectivity index (χ2v) is 9.64. The summed E-state index contributed by atoms with van der Waals surface area (Å²) in [5.41, 5.74) is 6.92. The van der Waals surface area contributed by atoms with Crippen molar-refractivity contribution >= 4 is 17.9 Å². The Morgan fingerprint density at radius 3 is 2.30 bits per heavy atom. The summed E-state index contributed by atoms with van der Waals surface area (Å²) in [5, 5.41) is 11.0. The van der Waals surface area contributed by atoms with Crippen molar-refractivity contribution in [3.8, 4) is 0 Å². The molecule has 0 saturated carbocycles. The van der Waals surface area contributed by atoms with Crippen LogP contribution in [0.1, 0.15) is 47.9 Å². The topological polar surface area (TPSA) is 138 Å². The zero-order valence-corrected chi connectivity index (χ0v) is 23.4. The molecule has 1 atom stereocenters. The van der Waals surface area contributed by atoms with Crippen molar-refractivity contribution < 1.29 is 23.2 Å². The summed E-state index contributed by atoms with van der Waals surface area (Å²) in [6, 6.07) is 4.40. The molecule has 13 heteroatoms. The van der Waals surface area contributed by atoms with E-state index in [1.54, 1.807) is 24.2 Å². The van der Waals surface area contributed by atoms with E-state index in [2.05, 4.69) is 29.9 Å². The van der Waals surface area contributed by atoms with Gasteiger partial charge in [-0.25, -0.2) is 18.7 Å². The van der Waals surface area contributed by atoms with Crippen molar-refractivity contribution in [1.82, 2.24) is 25.0 Å². The number of benzene rings is 1. The summed E-state index contributed by atoms with van der Waals surface area (Å²) >= 11 is 0. The van der Waals surface area contributed by atoms with Crippen LogP contribution < -0.4 is 15.5 Å². The fourth-order valence-corrected chi connectivity index (χ4v) is 4.46. The first kappa shape index (κ1) is 30.8. The predicted molar refractivity (Wildman–Crippen MR) is 147 cm³/mol. The molecule has 0 bridgehead atoms. The minimum Gasteiger partial charge on any atom is -0.400 e. The highest BCUT2D eigenvalue weighted by Gasteiger charge is 2.29. The number of carbonyl (C=O) groups is 1. The first-order chi connectivity index (χ1) is 19.2. The van der Waals surface area contributed by atoms with Gasteiger partial charge in [-0.2, -0.15) is 4.98 Å². The highest BCUT2D eigenvalue weighted by Crippen LogP contribution is 2.22. The Labute approximate surface area is 233 Å². The fourth-order valence-electron chi connectivity index (χ4n) is 4.46. The van der Waals surface area contributed by atoms with E-state index in [9.17, 15) is 13.6 Å². The van der Waals surface area contributed by atoms with E-state index < -0.39 is 11.6 Å². The molecule has 0 aliphatic carbocycles. The molecule has 40 heavy (non-hydrogen) atoms. The zero-order chi connectivity index (χ0) is 29.2. The summed E-state index contributed by atoms with van der Waals surface area (Å²) in [7, 11) is 2.85. The second kappa shape index (κ2) is 14.6. The maximum absolute atomic E-state index is 12.9. The van der Waals surface area contributed by atoms with Crippen molar-refractivity contribution in [2.45, 2.75) is 51.6 Å². The number of amides is 1. The Morgan fingerprint density at radius 2 is 1.77 bits per heavy atom. The molecule has 1 aromatic carbocycles. The first-order valence-electron chi connectivity index (χ1n) is 13.3. The number of aromatic nitrogens is 4. The molecule has 2 aliphatic rings. The molecule has 1 amide bonds. The van der Waals surface area contributed by atoms with Gasteiger partial charge in [0.1, 0.15) is 11.6 Å². The van der Waals surface area contributed by atoms with Crippen LogP contribution >= 0.6 is 0 Å². The lowest BCUT2D eigenvalue weighted by Crippen LogP contribution is -2.45. The number of aryl methyl sites for hydroxylation is 2. The molecule has 2 saturated heterocycles. The predicted octanol–water partition coefficient (Wildman–Crippen LogP) is 2.58. The maximum Gasteiger partial charge on any atom is 0.324 e. The molecule has 5 rings (SSSR count). The van der Waals surface area contributed by atoms with Crippen LogP contribution in [0.15, 0.2) is 35.1 Å². The van der Waals surface area contributed by atoms with Crippen molar-refractivity contribution in [3.63, 3.8) is 0 Å². The van der Waals surface area contributed by atoms with Gasteiger partial charge in [0, 0.05) is 77.3 Å². The van der Waals surface area contributed by atoms with Gasteiger partial charge >= 0.3 is 6.01 Å². The standard InChI is InChI=1S/C19H28N8O2.C7H6F2.CH4O/c1-3-16-23-19(29-24-16)26-8-5-15(6-9-26)25(2)17(28)13-10-21-18(22-11-13)27-7-4-14(20)12-27;1-5-2-3-6(8)4-7(5)9;1-2/h10-11,14-15H,3-9,12,20H2,1-2H3;2-4H,1H3;2H,1H3. The maximum atomic E-state index is 12.9. The van der Waals surface area contributed by atoms with Crippen LogP contribution in [0.4, 0.5) is 20.7 Å².